The van der Waals surface area contributed by atoms with Crippen LogP contribution in [0.15, 0.2) is 40.3 Å². The molecule has 8 nitrogen and oxygen atoms in total. The van der Waals surface area contributed by atoms with Gasteiger partial charge in [-0.15, -0.1) is 0 Å². The van der Waals surface area contributed by atoms with E-state index in [0.29, 0.717) is 11.3 Å². The highest BCUT2D eigenvalue weighted by Gasteiger charge is 2.19. The number of anilines is 1. The lowest BCUT2D eigenvalue weighted by Crippen LogP contribution is -2.12. The Hall–Kier alpha value is -1.91. The molecular weight excluding hydrogens is 427 g/mol. The Morgan fingerprint density at radius 2 is 1.85 bits per heavy atom. The monoisotopic (exact) mass is 436 g/mol. The first-order chi connectivity index (χ1) is 12.0. The quantitative estimate of drug-likeness (QED) is 0.316. The van der Waals surface area contributed by atoms with Crippen molar-refractivity contribution in [1.29, 1.82) is 0 Å². The molecule has 2 aromatic carbocycles. The van der Waals surface area contributed by atoms with Gasteiger partial charge in [0.1, 0.15) is 5.69 Å². The fraction of sp³-hybridized carbons (Fsp3) is 0.0714. The minimum atomic E-state index is -4.08. The molecule has 0 spiro atoms. The second kappa shape index (κ2) is 7.77. The molecule has 12 heteroatoms. The average Bonchev–Trinajstić information content (AvgIpc) is 2.56. The summed E-state index contributed by atoms with van der Waals surface area (Å²) >= 11 is 18.0. The molecule has 26 heavy (non-hydrogen) atoms. The Kier molecular flexibility index (Phi) is 6.09. The van der Waals surface area contributed by atoms with Gasteiger partial charge in [-0.05, 0) is 25.1 Å². The van der Waals surface area contributed by atoms with Gasteiger partial charge in [0.25, 0.3) is 5.69 Å². The number of nitrogens with one attached hydrogen (secondary N) is 1. The Morgan fingerprint density at radius 1 is 1.19 bits per heavy atom. The predicted molar refractivity (Wildman–Crippen MR) is 102 cm³/mol. The van der Waals surface area contributed by atoms with Crippen molar-refractivity contribution >= 4 is 61.9 Å². The van der Waals surface area contributed by atoms with E-state index < -0.39 is 20.6 Å². The maximum Gasteiger partial charge on any atom is 0.295 e. The Labute approximate surface area is 163 Å². The highest BCUT2D eigenvalue weighted by molar-refractivity contribution is 7.89. The van der Waals surface area contributed by atoms with Crippen LogP contribution in [0.1, 0.15) is 12.5 Å². The molecule has 0 atom stereocenters. The summed E-state index contributed by atoms with van der Waals surface area (Å²) in [4.78, 5) is 10.0. The van der Waals surface area contributed by atoms with Gasteiger partial charge in [0.05, 0.1) is 30.6 Å². The molecular formula is C14H11Cl3N4O4S. The lowest BCUT2D eigenvalue weighted by Gasteiger charge is -2.08. The molecule has 0 aliphatic carbocycles. The third kappa shape index (κ3) is 4.43. The standard InChI is InChI=1S/C14H11Cl3N4O4S/c1-7(9-3-4-10(15)14(17)13(9)16)19-20-11-5-2-8(26(18,24)25)6-12(11)21(22)23/h2-6,20H,1H3,(H2,18,24,25)/b19-7-. The van der Waals surface area contributed by atoms with Crippen LogP contribution in [-0.2, 0) is 10.0 Å². The van der Waals surface area contributed by atoms with Gasteiger partial charge in [-0.1, -0.05) is 40.9 Å². The van der Waals surface area contributed by atoms with Gasteiger partial charge in [-0.2, -0.15) is 5.10 Å². The van der Waals surface area contributed by atoms with E-state index in [1.807, 2.05) is 0 Å². The summed E-state index contributed by atoms with van der Waals surface area (Å²) in [5, 5.41) is 20.8. The summed E-state index contributed by atoms with van der Waals surface area (Å²) < 4.78 is 22.7. The van der Waals surface area contributed by atoms with Gasteiger partial charge in [0.2, 0.25) is 10.0 Å². The summed E-state index contributed by atoms with van der Waals surface area (Å²) in [5.74, 6) is 0. The zero-order valence-electron chi connectivity index (χ0n) is 13.0. The number of hydrazone groups is 1. The summed E-state index contributed by atoms with van der Waals surface area (Å²) in [7, 11) is -4.08. The third-order valence-electron chi connectivity index (χ3n) is 3.26. The van der Waals surface area contributed by atoms with Crippen molar-refractivity contribution in [2.75, 3.05) is 5.43 Å². The molecule has 0 heterocycles. The van der Waals surface area contributed by atoms with Crippen LogP contribution in [0.2, 0.25) is 15.1 Å². The minimum absolute atomic E-state index is 0.0297. The Morgan fingerprint density at radius 3 is 2.42 bits per heavy atom. The summed E-state index contributed by atoms with van der Waals surface area (Å²) in [5.41, 5.74) is 2.82. The summed E-state index contributed by atoms with van der Waals surface area (Å²) in [6.45, 7) is 1.60. The van der Waals surface area contributed by atoms with Crippen LogP contribution in [0.3, 0.4) is 0 Å². The number of nitrogens with zero attached hydrogens (tertiary/aromatic N) is 2. The zero-order valence-corrected chi connectivity index (χ0v) is 16.1. The molecule has 0 fully saturated rings. The van der Waals surface area contributed by atoms with E-state index in [1.54, 1.807) is 13.0 Å². The predicted octanol–water partition coefficient (Wildman–Crippen LogP) is 4.04. The SMILES string of the molecule is C/C(=N/Nc1ccc(S(N)(=O)=O)cc1[N+](=O)[O-])c1ccc(Cl)c(Cl)c1Cl. The van der Waals surface area contributed by atoms with E-state index in [1.165, 1.54) is 12.1 Å². The second-order valence-electron chi connectivity index (χ2n) is 5.01. The minimum Gasteiger partial charge on any atom is -0.271 e. The van der Waals surface area contributed by atoms with E-state index in [4.69, 9.17) is 39.9 Å². The first kappa shape index (κ1) is 20.4. The van der Waals surface area contributed by atoms with E-state index in [9.17, 15) is 18.5 Å². The normalized spacial score (nSPS) is 12.1. The van der Waals surface area contributed by atoms with Crippen molar-refractivity contribution in [2.45, 2.75) is 11.8 Å². The van der Waals surface area contributed by atoms with Crippen molar-refractivity contribution in [3.8, 4) is 0 Å². The number of rotatable bonds is 5. The van der Waals surface area contributed by atoms with Crippen molar-refractivity contribution < 1.29 is 13.3 Å². The zero-order chi connectivity index (χ0) is 19.6. The molecule has 138 valence electrons. The number of hydrogen-bond donors (Lipinski definition) is 2. The van der Waals surface area contributed by atoms with Gasteiger partial charge in [0.15, 0.2) is 0 Å². The van der Waals surface area contributed by atoms with Gasteiger partial charge >= 0.3 is 0 Å². The lowest BCUT2D eigenvalue weighted by molar-refractivity contribution is -0.384. The van der Waals surface area contributed by atoms with Crippen molar-refractivity contribution in [3.63, 3.8) is 0 Å². The topological polar surface area (TPSA) is 128 Å². The van der Waals surface area contributed by atoms with Crippen molar-refractivity contribution in [2.24, 2.45) is 10.2 Å². The molecule has 0 aliphatic heterocycles. The Bertz CT molecular complexity index is 1030. The second-order valence-corrected chi connectivity index (χ2v) is 7.74. The van der Waals surface area contributed by atoms with Gasteiger partial charge in [-0.3, -0.25) is 15.5 Å². The highest BCUT2D eigenvalue weighted by atomic mass is 35.5. The summed E-state index contributed by atoms with van der Waals surface area (Å²) in [6, 6.07) is 6.28. The molecule has 0 aromatic heterocycles. The Balaban J connectivity index is 2.41. The number of hydrogen-bond acceptors (Lipinski definition) is 6. The van der Waals surface area contributed by atoms with Crippen molar-refractivity contribution in [3.05, 3.63) is 61.1 Å². The number of benzene rings is 2. The van der Waals surface area contributed by atoms with E-state index in [0.717, 1.165) is 12.1 Å². The van der Waals surface area contributed by atoms with E-state index >= 15 is 0 Å². The molecule has 0 aliphatic rings. The largest absolute Gasteiger partial charge is 0.295 e. The third-order valence-corrected chi connectivity index (χ3v) is 5.47. The smallest absolute Gasteiger partial charge is 0.271 e. The number of nitro benzene ring substituents is 1. The number of nitrogens with two attached hydrogens (primary N) is 1. The summed E-state index contributed by atoms with van der Waals surface area (Å²) in [6.07, 6.45) is 0. The molecule has 0 amide bonds. The van der Waals surface area contributed by atoms with Crippen LogP contribution in [0.4, 0.5) is 11.4 Å². The lowest BCUT2D eigenvalue weighted by atomic mass is 10.1. The maximum atomic E-state index is 11.3. The van der Waals surface area contributed by atoms with Gasteiger partial charge in [-0.25, -0.2) is 13.6 Å². The molecule has 0 bridgehead atoms. The highest BCUT2D eigenvalue weighted by Crippen LogP contribution is 2.33. The fourth-order valence-corrected chi connectivity index (χ4v) is 3.15. The van der Waals surface area contributed by atoms with Crippen molar-refractivity contribution in [1.82, 2.24) is 0 Å². The molecule has 0 saturated carbocycles. The van der Waals surface area contributed by atoms with Crippen LogP contribution in [0, 0.1) is 10.1 Å². The van der Waals surface area contributed by atoms with Crippen LogP contribution < -0.4 is 10.6 Å². The van der Waals surface area contributed by atoms with E-state index in [2.05, 4.69) is 10.5 Å². The first-order valence-corrected chi connectivity index (χ1v) is 9.46. The van der Waals surface area contributed by atoms with Crippen LogP contribution in [-0.4, -0.2) is 19.1 Å². The van der Waals surface area contributed by atoms with E-state index in [-0.39, 0.29) is 25.7 Å². The first-order valence-electron chi connectivity index (χ1n) is 6.77. The van der Waals surface area contributed by atoms with Crippen LogP contribution in [0.25, 0.3) is 0 Å². The van der Waals surface area contributed by atoms with Crippen LogP contribution in [0.5, 0.6) is 0 Å². The molecule has 2 rings (SSSR count). The molecule has 0 unspecified atom stereocenters. The van der Waals surface area contributed by atoms with Crippen LogP contribution >= 0.6 is 34.8 Å². The maximum absolute atomic E-state index is 11.3. The number of sulfonamides is 1. The molecule has 2 aromatic rings. The molecule has 0 radical (unpaired) electrons. The molecule has 3 N–H and O–H groups in total. The fourth-order valence-electron chi connectivity index (χ4n) is 1.94. The average molecular weight is 438 g/mol. The number of nitro groups is 1. The number of halogens is 3. The van der Waals surface area contributed by atoms with Gasteiger partial charge < -0.3 is 0 Å². The number of primary sulfonamides is 1. The van der Waals surface area contributed by atoms with Gasteiger partial charge in [0, 0.05) is 11.6 Å². The molecule has 0 saturated heterocycles.